The summed E-state index contributed by atoms with van der Waals surface area (Å²) in [6.45, 7) is 2.28. The molecular formula is C16H21N3O2S. The van der Waals surface area contributed by atoms with Crippen molar-refractivity contribution in [1.82, 2.24) is 9.29 Å². The van der Waals surface area contributed by atoms with Crippen LogP contribution >= 0.6 is 0 Å². The van der Waals surface area contributed by atoms with Gasteiger partial charge in [0.1, 0.15) is 0 Å². The predicted octanol–water partition coefficient (Wildman–Crippen LogP) is 1.90. The van der Waals surface area contributed by atoms with Gasteiger partial charge in [0.05, 0.1) is 10.4 Å². The molecule has 0 amide bonds. The third-order valence-electron chi connectivity index (χ3n) is 4.46. The van der Waals surface area contributed by atoms with E-state index in [1.807, 2.05) is 19.1 Å². The van der Waals surface area contributed by atoms with Crippen molar-refractivity contribution in [2.75, 3.05) is 13.6 Å². The molecule has 118 valence electrons. The highest BCUT2D eigenvalue weighted by Gasteiger charge is 2.38. The van der Waals surface area contributed by atoms with Crippen LogP contribution in [0.15, 0.2) is 35.4 Å². The highest BCUT2D eigenvalue weighted by Crippen LogP contribution is 2.37. The number of nitrogens with zero attached hydrogens (tertiary/aromatic N) is 2. The zero-order valence-electron chi connectivity index (χ0n) is 12.9. The normalized spacial score (nSPS) is 17.1. The van der Waals surface area contributed by atoms with Crippen molar-refractivity contribution in [3.8, 4) is 0 Å². The van der Waals surface area contributed by atoms with Crippen LogP contribution < -0.4 is 5.73 Å². The van der Waals surface area contributed by atoms with Crippen LogP contribution in [0, 0.1) is 12.8 Å². The molecule has 1 aliphatic rings. The van der Waals surface area contributed by atoms with Gasteiger partial charge in [-0.2, -0.15) is 4.31 Å². The van der Waals surface area contributed by atoms with E-state index < -0.39 is 10.0 Å². The molecule has 22 heavy (non-hydrogen) atoms. The van der Waals surface area contributed by atoms with Crippen LogP contribution in [0.4, 0.5) is 0 Å². The third-order valence-corrected chi connectivity index (χ3v) is 6.40. The molecule has 2 N–H and O–H groups in total. The first kappa shape index (κ1) is 15.4. The lowest BCUT2D eigenvalue weighted by atomic mass is 10.1. The van der Waals surface area contributed by atoms with Crippen LogP contribution in [-0.2, 0) is 10.0 Å². The van der Waals surface area contributed by atoms with E-state index in [0.29, 0.717) is 22.7 Å². The van der Waals surface area contributed by atoms with Gasteiger partial charge in [0.15, 0.2) is 0 Å². The number of benzene rings is 1. The van der Waals surface area contributed by atoms with E-state index in [4.69, 9.17) is 5.73 Å². The lowest BCUT2D eigenvalue weighted by Crippen LogP contribution is -2.43. The van der Waals surface area contributed by atoms with Crippen LogP contribution in [0.25, 0.3) is 10.9 Å². The fourth-order valence-electron chi connectivity index (χ4n) is 2.96. The molecule has 1 aromatic heterocycles. The molecule has 5 nitrogen and oxygen atoms in total. The highest BCUT2D eigenvalue weighted by molar-refractivity contribution is 7.89. The predicted molar refractivity (Wildman–Crippen MR) is 87.0 cm³/mol. The van der Waals surface area contributed by atoms with Crippen LogP contribution in [0.3, 0.4) is 0 Å². The second-order valence-electron chi connectivity index (χ2n) is 5.94. The number of fused-ring (bicyclic) bond motifs is 1. The first-order valence-electron chi connectivity index (χ1n) is 7.49. The lowest BCUT2D eigenvalue weighted by Gasteiger charge is -2.27. The van der Waals surface area contributed by atoms with Gasteiger partial charge in [-0.1, -0.05) is 6.07 Å². The lowest BCUT2D eigenvalue weighted by molar-refractivity contribution is 0.341. The number of hydrogen-bond donors (Lipinski definition) is 1. The second-order valence-corrected chi connectivity index (χ2v) is 7.91. The average molecular weight is 319 g/mol. The minimum Gasteiger partial charge on any atom is -0.329 e. The van der Waals surface area contributed by atoms with Gasteiger partial charge < -0.3 is 5.73 Å². The molecule has 3 rings (SSSR count). The molecule has 0 spiro atoms. The van der Waals surface area contributed by atoms with E-state index in [-0.39, 0.29) is 6.04 Å². The van der Waals surface area contributed by atoms with Crippen LogP contribution in [0.2, 0.25) is 0 Å². The fraction of sp³-hybridized carbons (Fsp3) is 0.438. The summed E-state index contributed by atoms with van der Waals surface area (Å²) in [6.07, 6.45) is 3.79. The second kappa shape index (κ2) is 5.61. The molecule has 1 heterocycles. The zero-order valence-corrected chi connectivity index (χ0v) is 13.7. The number of rotatable bonds is 5. The van der Waals surface area contributed by atoms with Crippen LogP contribution in [-0.4, -0.2) is 37.3 Å². The maximum absolute atomic E-state index is 13.0. The smallest absolute Gasteiger partial charge is 0.243 e. The summed E-state index contributed by atoms with van der Waals surface area (Å²) in [4.78, 5) is 4.63. The van der Waals surface area contributed by atoms with Gasteiger partial charge >= 0.3 is 0 Å². The summed E-state index contributed by atoms with van der Waals surface area (Å²) >= 11 is 0. The Kier molecular flexibility index (Phi) is 3.92. The number of nitrogens with two attached hydrogens (primary N) is 1. The standard InChI is InChI=1S/C16H21N3O2S/c1-11-5-8-15(13-4-3-9-18-16(11)13)22(20,21)19(2)14(10-17)12-6-7-12/h3-5,8-9,12,14H,6-7,10,17H2,1-2H3. The van der Waals surface area contributed by atoms with E-state index in [1.165, 1.54) is 4.31 Å². The summed E-state index contributed by atoms with van der Waals surface area (Å²) in [7, 11) is -1.95. The van der Waals surface area contributed by atoms with E-state index in [2.05, 4.69) is 4.98 Å². The van der Waals surface area contributed by atoms with Gasteiger partial charge in [-0.05, 0) is 49.4 Å². The Balaban J connectivity index is 2.11. The molecule has 2 aromatic rings. The summed E-state index contributed by atoms with van der Waals surface area (Å²) in [5.74, 6) is 0.389. The Bertz CT molecular complexity index is 800. The topological polar surface area (TPSA) is 76.3 Å². The molecular weight excluding hydrogens is 298 g/mol. The van der Waals surface area contributed by atoms with Gasteiger partial charge in [-0.25, -0.2) is 8.42 Å². The van der Waals surface area contributed by atoms with Crippen molar-refractivity contribution < 1.29 is 8.42 Å². The number of aromatic nitrogens is 1. The minimum atomic E-state index is -3.59. The summed E-state index contributed by atoms with van der Waals surface area (Å²) in [6, 6.07) is 6.93. The maximum atomic E-state index is 13.0. The van der Waals surface area contributed by atoms with Crippen LogP contribution in [0.5, 0.6) is 0 Å². The summed E-state index contributed by atoms with van der Waals surface area (Å²) < 4.78 is 27.5. The zero-order chi connectivity index (χ0) is 15.9. The molecule has 1 aromatic carbocycles. The van der Waals surface area contributed by atoms with Gasteiger partial charge in [0.2, 0.25) is 10.0 Å². The fourth-order valence-corrected chi connectivity index (χ4v) is 4.57. The SMILES string of the molecule is Cc1ccc(S(=O)(=O)N(C)C(CN)C2CC2)c2cccnc12. The van der Waals surface area contributed by atoms with Gasteiger partial charge in [-0.3, -0.25) is 4.98 Å². The molecule has 0 saturated heterocycles. The van der Waals surface area contributed by atoms with Gasteiger partial charge in [-0.15, -0.1) is 0 Å². The highest BCUT2D eigenvalue weighted by atomic mass is 32.2. The van der Waals surface area contributed by atoms with Gasteiger partial charge in [0, 0.05) is 31.2 Å². The van der Waals surface area contributed by atoms with Crippen molar-refractivity contribution in [1.29, 1.82) is 0 Å². The van der Waals surface area contributed by atoms with Crippen LogP contribution in [0.1, 0.15) is 18.4 Å². The van der Waals surface area contributed by atoms with E-state index in [9.17, 15) is 8.42 Å². The Morgan fingerprint density at radius 2 is 2.09 bits per heavy atom. The molecule has 1 fully saturated rings. The summed E-state index contributed by atoms with van der Waals surface area (Å²) in [5.41, 5.74) is 7.50. The molecule has 0 radical (unpaired) electrons. The van der Waals surface area contributed by atoms with Gasteiger partial charge in [0.25, 0.3) is 0 Å². The monoisotopic (exact) mass is 319 g/mol. The van der Waals surface area contributed by atoms with Crippen molar-refractivity contribution in [2.24, 2.45) is 11.7 Å². The first-order valence-corrected chi connectivity index (χ1v) is 8.93. The van der Waals surface area contributed by atoms with Crippen molar-refractivity contribution in [3.63, 3.8) is 0 Å². The van der Waals surface area contributed by atoms with E-state index in [0.717, 1.165) is 23.9 Å². The number of likely N-dealkylation sites (N-methyl/N-ethyl adjacent to an activating group) is 1. The van der Waals surface area contributed by atoms with Crippen molar-refractivity contribution in [2.45, 2.75) is 30.7 Å². The number of pyridine rings is 1. The Labute approximate surface area is 131 Å². The Morgan fingerprint density at radius 1 is 1.36 bits per heavy atom. The summed E-state index contributed by atoms with van der Waals surface area (Å²) in [5, 5.41) is 0.668. The molecule has 1 atom stereocenters. The first-order chi connectivity index (χ1) is 10.5. The average Bonchev–Trinajstić information content (AvgIpc) is 3.33. The molecule has 0 aliphatic heterocycles. The number of sulfonamides is 1. The van der Waals surface area contributed by atoms with Crippen molar-refractivity contribution >= 4 is 20.9 Å². The molecule has 1 unspecified atom stereocenters. The maximum Gasteiger partial charge on any atom is 0.243 e. The molecule has 6 heteroatoms. The number of aryl methyl sites for hydroxylation is 1. The quantitative estimate of drug-likeness (QED) is 0.913. The third kappa shape index (κ3) is 2.51. The Hall–Kier alpha value is -1.50. The largest absolute Gasteiger partial charge is 0.329 e. The Morgan fingerprint density at radius 3 is 2.73 bits per heavy atom. The molecule has 0 bridgehead atoms. The van der Waals surface area contributed by atoms with E-state index in [1.54, 1.807) is 25.4 Å². The molecule has 1 saturated carbocycles. The van der Waals surface area contributed by atoms with E-state index >= 15 is 0 Å². The molecule has 1 aliphatic carbocycles. The minimum absolute atomic E-state index is 0.127. The van der Waals surface area contributed by atoms with Crippen molar-refractivity contribution in [3.05, 3.63) is 36.0 Å². The number of hydrogen-bond acceptors (Lipinski definition) is 4.